The molecular weight excluding hydrogens is 230 g/mol. The number of hydrogen-bond donors (Lipinski definition) is 1. The fourth-order valence-electron chi connectivity index (χ4n) is 1.69. The van der Waals surface area contributed by atoms with Gasteiger partial charge in [0.2, 0.25) is 0 Å². The highest BCUT2D eigenvalue weighted by Gasteiger charge is 2.07. The normalized spacial score (nSPS) is 10.1. The number of ether oxygens (including phenoxy) is 2. The molecule has 4 nitrogen and oxygen atoms in total. The molecule has 1 aromatic carbocycles. The number of pyridine rings is 1. The molecule has 1 N–H and O–H groups in total. The number of phenols is 1. The van der Waals surface area contributed by atoms with Gasteiger partial charge in [0, 0.05) is 17.3 Å². The molecule has 1 heterocycles. The zero-order valence-corrected chi connectivity index (χ0v) is 10.4. The van der Waals surface area contributed by atoms with E-state index in [-0.39, 0.29) is 5.75 Å². The van der Waals surface area contributed by atoms with Crippen LogP contribution >= 0.6 is 0 Å². The van der Waals surface area contributed by atoms with E-state index >= 15 is 0 Å². The Kier molecular flexibility index (Phi) is 3.67. The lowest BCUT2D eigenvalue weighted by atomic mass is 10.1. The van der Waals surface area contributed by atoms with Crippen LogP contribution in [0.4, 0.5) is 0 Å². The number of nitrogens with zero attached hydrogens (tertiary/aromatic N) is 1. The summed E-state index contributed by atoms with van der Waals surface area (Å²) in [5, 5.41) is 9.88. The first-order valence-corrected chi connectivity index (χ1v) is 5.70. The Morgan fingerprint density at radius 2 is 2.00 bits per heavy atom. The molecule has 0 aliphatic carbocycles. The molecule has 18 heavy (non-hydrogen) atoms. The van der Waals surface area contributed by atoms with Gasteiger partial charge in [-0.3, -0.25) is 4.98 Å². The number of methoxy groups -OCH3 is 1. The zero-order valence-electron chi connectivity index (χ0n) is 10.4. The molecule has 1 aromatic heterocycles. The summed E-state index contributed by atoms with van der Waals surface area (Å²) in [5.41, 5.74) is 1.46. The van der Waals surface area contributed by atoms with Crippen LogP contribution in [0.3, 0.4) is 0 Å². The van der Waals surface area contributed by atoms with Gasteiger partial charge < -0.3 is 14.6 Å². The van der Waals surface area contributed by atoms with E-state index in [4.69, 9.17) is 9.47 Å². The average Bonchev–Trinajstić information content (AvgIpc) is 2.40. The summed E-state index contributed by atoms with van der Waals surface area (Å²) < 4.78 is 10.5. The molecule has 0 radical (unpaired) electrons. The molecular formula is C14H15NO3. The van der Waals surface area contributed by atoms with Crippen molar-refractivity contribution in [3.63, 3.8) is 0 Å². The fourth-order valence-corrected chi connectivity index (χ4v) is 1.69. The van der Waals surface area contributed by atoms with Crippen molar-refractivity contribution < 1.29 is 14.6 Å². The molecule has 0 amide bonds. The molecule has 94 valence electrons. The van der Waals surface area contributed by atoms with E-state index in [2.05, 4.69) is 4.98 Å². The monoisotopic (exact) mass is 245 g/mol. The van der Waals surface area contributed by atoms with Crippen molar-refractivity contribution in [3.05, 3.63) is 36.7 Å². The van der Waals surface area contributed by atoms with Gasteiger partial charge in [0.25, 0.3) is 0 Å². The highest BCUT2D eigenvalue weighted by Crippen LogP contribution is 2.33. The van der Waals surface area contributed by atoms with E-state index in [0.29, 0.717) is 23.7 Å². The summed E-state index contributed by atoms with van der Waals surface area (Å²) in [6.45, 7) is 2.49. The van der Waals surface area contributed by atoms with Crippen molar-refractivity contribution in [2.75, 3.05) is 13.7 Å². The first-order chi connectivity index (χ1) is 8.74. The van der Waals surface area contributed by atoms with Crippen molar-refractivity contribution in [1.82, 2.24) is 4.98 Å². The molecule has 0 aliphatic heterocycles. The molecule has 2 aromatic rings. The maximum atomic E-state index is 9.88. The van der Waals surface area contributed by atoms with Crippen LogP contribution in [0.25, 0.3) is 11.1 Å². The second kappa shape index (κ2) is 5.40. The summed E-state index contributed by atoms with van der Waals surface area (Å²) in [4.78, 5) is 4.10. The minimum absolute atomic E-state index is 0.186. The summed E-state index contributed by atoms with van der Waals surface area (Å²) in [6.07, 6.45) is 3.32. The number of aromatic hydroxyl groups is 1. The van der Waals surface area contributed by atoms with Crippen LogP contribution < -0.4 is 9.47 Å². The Morgan fingerprint density at radius 1 is 1.17 bits per heavy atom. The lowest BCUT2D eigenvalue weighted by Crippen LogP contribution is -1.93. The predicted octanol–water partition coefficient (Wildman–Crippen LogP) is 2.86. The van der Waals surface area contributed by atoms with Crippen LogP contribution in [0.1, 0.15) is 6.92 Å². The van der Waals surface area contributed by atoms with Gasteiger partial charge in [-0.25, -0.2) is 0 Å². The maximum Gasteiger partial charge on any atom is 0.138 e. The Morgan fingerprint density at radius 3 is 2.72 bits per heavy atom. The largest absolute Gasteiger partial charge is 0.507 e. The van der Waals surface area contributed by atoms with Crippen LogP contribution in [0.2, 0.25) is 0 Å². The minimum atomic E-state index is 0.186. The summed E-state index contributed by atoms with van der Waals surface area (Å²) in [6, 6.07) is 6.91. The Hall–Kier alpha value is -2.23. The first kappa shape index (κ1) is 12.2. The van der Waals surface area contributed by atoms with Crippen LogP contribution in [-0.4, -0.2) is 23.8 Å². The molecule has 0 saturated carbocycles. The second-order valence-electron chi connectivity index (χ2n) is 3.73. The molecule has 0 bridgehead atoms. The van der Waals surface area contributed by atoms with Gasteiger partial charge in [-0.15, -0.1) is 0 Å². The number of aromatic nitrogens is 1. The smallest absolute Gasteiger partial charge is 0.138 e. The summed E-state index contributed by atoms with van der Waals surface area (Å²) in [5.74, 6) is 1.55. The predicted molar refractivity (Wildman–Crippen MR) is 69.1 cm³/mol. The molecule has 0 atom stereocenters. The highest BCUT2D eigenvalue weighted by atomic mass is 16.5. The van der Waals surface area contributed by atoms with Gasteiger partial charge in [-0.2, -0.15) is 0 Å². The van der Waals surface area contributed by atoms with E-state index in [1.165, 1.54) is 0 Å². The second-order valence-corrected chi connectivity index (χ2v) is 3.73. The SMILES string of the molecule is CCOc1cncc(-c2cc(OC)ccc2O)c1. The molecule has 2 rings (SSSR count). The van der Waals surface area contributed by atoms with Gasteiger partial charge >= 0.3 is 0 Å². The molecule has 0 spiro atoms. The number of hydrogen-bond acceptors (Lipinski definition) is 4. The van der Waals surface area contributed by atoms with Crippen LogP contribution in [0, 0.1) is 0 Å². The summed E-state index contributed by atoms with van der Waals surface area (Å²) in [7, 11) is 1.59. The van der Waals surface area contributed by atoms with Crippen molar-refractivity contribution in [2.45, 2.75) is 6.92 Å². The van der Waals surface area contributed by atoms with Gasteiger partial charge in [0.05, 0.1) is 19.9 Å². The number of phenolic OH excluding ortho intramolecular Hbond substituents is 1. The van der Waals surface area contributed by atoms with Crippen molar-refractivity contribution in [3.8, 4) is 28.4 Å². The fraction of sp³-hybridized carbons (Fsp3) is 0.214. The Labute approximate surface area is 106 Å². The molecule has 4 heteroatoms. The van der Waals surface area contributed by atoms with Gasteiger partial charge in [0.1, 0.15) is 17.2 Å². The Bertz CT molecular complexity index is 540. The van der Waals surface area contributed by atoms with Crippen LogP contribution in [-0.2, 0) is 0 Å². The lowest BCUT2D eigenvalue weighted by Gasteiger charge is -2.09. The maximum absolute atomic E-state index is 9.88. The molecule has 0 saturated heterocycles. The van der Waals surface area contributed by atoms with E-state index in [9.17, 15) is 5.11 Å². The van der Waals surface area contributed by atoms with E-state index in [1.807, 2.05) is 13.0 Å². The Balaban J connectivity index is 2.44. The van der Waals surface area contributed by atoms with E-state index in [1.54, 1.807) is 37.7 Å². The van der Waals surface area contributed by atoms with Crippen LogP contribution in [0.15, 0.2) is 36.7 Å². The highest BCUT2D eigenvalue weighted by molar-refractivity contribution is 5.71. The standard InChI is InChI=1S/C14H15NO3/c1-3-18-12-6-10(8-15-9-12)13-7-11(17-2)4-5-14(13)16/h4-9,16H,3H2,1-2H3. The van der Waals surface area contributed by atoms with Gasteiger partial charge in [0.15, 0.2) is 0 Å². The van der Waals surface area contributed by atoms with Crippen molar-refractivity contribution in [2.24, 2.45) is 0 Å². The van der Waals surface area contributed by atoms with E-state index < -0.39 is 0 Å². The number of benzene rings is 1. The molecule has 0 fully saturated rings. The molecule has 0 aliphatic rings. The minimum Gasteiger partial charge on any atom is -0.507 e. The average molecular weight is 245 g/mol. The third kappa shape index (κ3) is 2.53. The third-order valence-corrected chi connectivity index (χ3v) is 2.54. The quantitative estimate of drug-likeness (QED) is 0.899. The topological polar surface area (TPSA) is 51.6 Å². The van der Waals surface area contributed by atoms with Crippen molar-refractivity contribution >= 4 is 0 Å². The summed E-state index contributed by atoms with van der Waals surface area (Å²) >= 11 is 0. The lowest BCUT2D eigenvalue weighted by molar-refractivity contribution is 0.339. The van der Waals surface area contributed by atoms with Gasteiger partial charge in [-0.1, -0.05) is 0 Å². The first-order valence-electron chi connectivity index (χ1n) is 5.70. The van der Waals surface area contributed by atoms with E-state index in [0.717, 1.165) is 5.56 Å². The third-order valence-electron chi connectivity index (χ3n) is 2.54. The zero-order chi connectivity index (χ0) is 13.0. The van der Waals surface area contributed by atoms with Crippen molar-refractivity contribution in [1.29, 1.82) is 0 Å². The number of rotatable bonds is 4. The van der Waals surface area contributed by atoms with Crippen LogP contribution in [0.5, 0.6) is 17.2 Å². The van der Waals surface area contributed by atoms with Gasteiger partial charge in [-0.05, 0) is 31.2 Å². The molecule has 0 unspecified atom stereocenters.